The van der Waals surface area contributed by atoms with Gasteiger partial charge in [-0.3, -0.25) is 0 Å². The lowest BCUT2D eigenvalue weighted by Crippen LogP contribution is -2.42. The number of hydrogen-bond donors (Lipinski definition) is 1. The van der Waals surface area contributed by atoms with Crippen molar-refractivity contribution in [3.63, 3.8) is 0 Å². The van der Waals surface area contributed by atoms with Crippen LogP contribution in [0.4, 0.5) is 4.39 Å². The van der Waals surface area contributed by atoms with Crippen LogP contribution in [0, 0.1) is 23.1 Å². The van der Waals surface area contributed by atoms with Crippen molar-refractivity contribution in [2.75, 3.05) is 7.05 Å². The van der Waals surface area contributed by atoms with Crippen LogP contribution < -0.4 is 5.32 Å². The molecule has 3 atom stereocenters. The fourth-order valence-corrected chi connectivity index (χ4v) is 4.20. The highest BCUT2D eigenvalue weighted by Crippen LogP contribution is 2.41. The Kier molecular flexibility index (Phi) is 5.48. The molecule has 0 saturated heterocycles. The van der Waals surface area contributed by atoms with E-state index in [2.05, 4.69) is 55.1 Å². The summed E-state index contributed by atoms with van der Waals surface area (Å²) in [6, 6.07) is 5.80. The molecule has 0 aromatic heterocycles. The van der Waals surface area contributed by atoms with Crippen LogP contribution in [-0.2, 0) is 6.42 Å². The van der Waals surface area contributed by atoms with Crippen LogP contribution in [0.15, 0.2) is 22.7 Å². The maximum atomic E-state index is 13.6. The van der Waals surface area contributed by atoms with E-state index in [1.807, 2.05) is 0 Å². The zero-order valence-corrected chi connectivity index (χ0v) is 15.1. The molecule has 1 aliphatic carbocycles. The van der Waals surface area contributed by atoms with Crippen LogP contribution in [0.25, 0.3) is 0 Å². The largest absolute Gasteiger partial charge is 0.317 e. The van der Waals surface area contributed by atoms with Crippen molar-refractivity contribution in [1.29, 1.82) is 0 Å². The Morgan fingerprint density at radius 1 is 1.24 bits per heavy atom. The number of halogens is 2. The van der Waals surface area contributed by atoms with Crippen molar-refractivity contribution in [1.82, 2.24) is 5.32 Å². The normalized spacial score (nSPS) is 26.9. The minimum Gasteiger partial charge on any atom is -0.317 e. The van der Waals surface area contributed by atoms with Crippen LogP contribution in [-0.4, -0.2) is 13.1 Å². The first-order chi connectivity index (χ1) is 9.79. The Hall–Kier alpha value is -0.410. The lowest BCUT2D eigenvalue weighted by atomic mass is 9.66. The Morgan fingerprint density at radius 3 is 2.52 bits per heavy atom. The molecule has 0 bridgehead atoms. The number of hydrogen-bond acceptors (Lipinski definition) is 1. The van der Waals surface area contributed by atoms with Gasteiger partial charge in [-0.05, 0) is 73.7 Å². The van der Waals surface area contributed by atoms with Crippen LogP contribution in [0.1, 0.15) is 45.6 Å². The van der Waals surface area contributed by atoms with Crippen molar-refractivity contribution in [2.24, 2.45) is 17.3 Å². The molecule has 1 N–H and O–H groups in total. The molecule has 1 nitrogen and oxygen atoms in total. The van der Waals surface area contributed by atoms with Crippen molar-refractivity contribution in [3.8, 4) is 0 Å². The fraction of sp³-hybridized carbons (Fsp3) is 0.667. The maximum Gasteiger partial charge on any atom is 0.124 e. The molecule has 1 fully saturated rings. The standard InChI is InChI=1S/C18H27BrFN/c1-18(2,3)14-5-6-17(21-4)13(10-14)7-12-8-15(19)11-16(20)9-12/h8-9,11,13-14,17,21H,5-7,10H2,1-4H3. The zero-order chi connectivity index (χ0) is 15.6. The van der Waals surface area contributed by atoms with Gasteiger partial charge in [0.15, 0.2) is 0 Å². The quantitative estimate of drug-likeness (QED) is 0.787. The maximum absolute atomic E-state index is 13.6. The number of benzene rings is 1. The third-order valence-electron chi connectivity index (χ3n) is 5.00. The average Bonchev–Trinajstić information content (AvgIpc) is 2.36. The Labute approximate surface area is 136 Å². The third kappa shape index (κ3) is 4.53. The molecule has 2 rings (SSSR count). The molecule has 3 heteroatoms. The number of nitrogens with one attached hydrogen (secondary N) is 1. The summed E-state index contributed by atoms with van der Waals surface area (Å²) in [5.41, 5.74) is 1.46. The Bertz CT molecular complexity index is 460. The summed E-state index contributed by atoms with van der Waals surface area (Å²) in [5.74, 6) is 1.19. The van der Waals surface area contributed by atoms with E-state index in [0.717, 1.165) is 22.4 Å². The van der Waals surface area contributed by atoms with Crippen LogP contribution in [0.5, 0.6) is 0 Å². The molecule has 0 amide bonds. The smallest absolute Gasteiger partial charge is 0.124 e. The highest BCUT2D eigenvalue weighted by atomic mass is 79.9. The summed E-state index contributed by atoms with van der Waals surface area (Å²) < 4.78 is 14.4. The molecule has 1 saturated carbocycles. The molecular formula is C18H27BrFN. The summed E-state index contributed by atoms with van der Waals surface area (Å²) in [7, 11) is 2.05. The molecule has 21 heavy (non-hydrogen) atoms. The number of rotatable bonds is 3. The van der Waals surface area contributed by atoms with Crippen LogP contribution in [0.2, 0.25) is 0 Å². The molecule has 0 heterocycles. The molecular weight excluding hydrogens is 329 g/mol. The molecule has 0 aliphatic heterocycles. The van der Waals surface area contributed by atoms with Gasteiger partial charge in [0.1, 0.15) is 5.82 Å². The molecule has 0 spiro atoms. The summed E-state index contributed by atoms with van der Waals surface area (Å²) in [4.78, 5) is 0. The molecule has 1 aliphatic rings. The van der Waals surface area contributed by atoms with Gasteiger partial charge < -0.3 is 5.32 Å². The van der Waals surface area contributed by atoms with Gasteiger partial charge >= 0.3 is 0 Å². The van der Waals surface area contributed by atoms with E-state index in [4.69, 9.17) is 0 Å². The topological polar surface area (TPSA) is 12.0 Å². The minimum absolute atomic E-state index is 0.149. The molecule has 0 radical (unpaired) electrons. The lowest BCUT2D eigenvalue weighted by Gasteiger charge is -2.42. The van der Waals surface area contributed by atoms with Crippen molar-refractivity contribution in [2.45, 2.75) is 52.5 Å². The molecule has 3 unspecified atom stereocenters. The van der Waals surface area contributed by atoms with Gasteiger partial charge in [-0.1, -0.05) is 36.7 Å². The van der Waals surface area contributed by atoms with Crippen molar-refractivity contribution >= 4 is 15.9 Å². The monoisotopic (exact) mass is 355 g/mol. The third-order valence-corrected chi connectivity index (χ3v) is 5.46. The average molecular weight is 356 g/mol. The molecule has 118 valence electrons. The summed E-state index contributed by atoms with van der Waals surface area (Å²) in [6.45, 7) is 7.02. The van der Waals surface area contributed by atoms with E-state index >= 15 is 0 Å². The van der Waals surface area contributed by atoms with E-state index in [9.17, 15) is 4.39 Å². The predicted octanol–water partition coefficient (Wildman–Crippen LogP) is 5.18. The first kappa shape index (κ1) is 17.0. The van der Waals surface area contributed by atoms with Gasteiger partial charge in [-0.25, -0.2) is 4.39 Å². The second kappa shape index (κ2) is 6.78. The lowest BCUT2D eigenvalue weighted by molar-refractivity contribution is 0.116. The highest BCUT2D eigenvalue weighted by molar-refractivity contribution is 9.10. The SMILES string of the molecule is CNC1CCC(C(C)(C)C)CC1Cc1cc(F)cc(Br)c1. The van der Waals surface area contributed by atoms with E-state index in [0.29, 0.717) is 17.4 Å². The summed E-state index contributed by atoms with van der Waals surface area (Å²) in [5, 5.41) is 3.47. The van der Waals surface area contributed by atoms with E-state index in [1.54, 1.807) is 6.07 Å². The Morgan fingerprint density at radius 2 is 1.95 bits per heavy atom. The van der Waals surface area contributed by atoms with Crippen molar-refractivity contribution in [3.05, 3.63) is 34.1 Å². The van der Waals surface area contributed by atoms with Gasteiger partial charge in [-0.2, -0.15) is 0 Å². The van der Waals surface area contributed by atoms with Gasteiger partial charge in [0, 0.05) is 10.5 Å². The van der Waals surface area contributed by atoms with E-state index in [-0.39, 0.29) is 5.82 Å². The molecule has 1 aromatic carbocycles. The zero-order valence-electron chi connectivity index (χ0n) is 13.5. The predicted molar refractivity (Wildman–Crippen MR) is 90.9 cm³/mol. The first-order valence-electron chi connectivity index (χ1n) is 7.92. The Balaban J connectivity index is 2.14. The summed E-state index contributed by atoms with van der Waals surface area (Å²) in [6.07, 6.45) is 4.69. The fourth-order valence-electron chi connectivity index (χ4n) is 3.69. The second-order valence-electron chi connectivity index (χ2n) is 7.51. The van der Waals surface area contributed by atoms with Crippen LogP contribution in [0.3, 0.4) is 0 Å². The minimum atomic E-state index is -0.149. The summed E-state index contributed by atoms with van der Waals surface area (Å²) >= 11 is 3.40. The second-order valence-corrected chi connectivity index (χ2v) is 8.43. The van der Waals surface area contributed by atoms with Gasteiger partial charge in [0.2, 0.25) is 0 Å². The van der Waals surface area contributed by atoms with Gasteiger partial charge in [0.05, 0.1) is 0 Å². The van der Waals surface area contributed by atoms with E-state index < -0.39 is 0 Å². The van der Waals surface area contributed by atoms with Gasteiger partial charge in [-0.15, -0.1) is 0 Å². The molecule has 1 aromatic rings. The van der Waals surface area contributed by atoms with Gasteiger partial charge in [0.25, 0.3) is 0 Å². The highest BCUT2D eigenvalue weighted by Gasteiger charge is 2.35. The van der Waals surface area contributed by atoms with E-state index in [1.165, 1.54) is 25.3 Å². The van der Waals surface area contributed by atoms with Crippen molar-refractivity contribution < 1.29 is 4.39 Å². The van der Waals surface area contributed by atoms with Crippen LogP contribution >= 0.6 is 15.9 Å². The first-order valence-corrected chi connectivity index (χ1v) is 8.71.